The molecule has 142 valence electrons. The molecule has 0 saturated carbocycles. The molecule has 4 rings (SSSR count). The molecule has 1 atom stereocenters. The fraction of sp³-hybridized carbons (Fsp3) is 0.421. The maximum atomic E-state index is 12.9. The normalized spacial score (nSPS) is 15.4. The summed E-state index contributed by atoms with van der Waals surface area (Å²) in [4.78, 5) is 14.7. The molecule has 0 spiro atoms. The van der Waals surface area contributed by atoms with Crippen molar-refractivity contribution in [2.75, 3.05) is 6.54 Å². The number of nitrogens with zero attached hydrogens (tertiary/aromatic N) is 4. The van der Waals surface area contributed by atoms with E-state index >= 15 is 0 Å². The molecule has 27 heavy (non-hydrogen) atoms. The summed E-state index contributed by atoms with van der Waals surface area (Å²) in [6.45, 7) is 5.60. The molecule has 8 heteroatoms. The van der Waals surface area contributed by atoms with Gasteiger partial charge in [0.1, 0.15) is 11.5 Å². The highest BCUT2D eigenvalue weighted by Crippen LogP contribution is 2.23. The van der Waals surface area contributed by atoms with Crippen LogP contribution in [0.15, 0.2) is 28.7 Å². The number of carbonyl (C=O) groups excluding carboxylic acids is 1. The van der Waals surface area contributed by atoms with Gasteiger partial charge in [-0.15, -0.1) is 0 Å². The van der Waals surface area contributed by atoms with Crippen molar-refractivity contribution in [1.82, 2.24) is 24.9 Å². The van der Waals surface area contributed by atoms with E-state index in [1.54, 1.807) is 11.0 Å². The summed E-state index contributed by atoms with van der Waals surface area (Å²) in [6.07, 6.45) is 0.845. The molecule has 3 aromatic heterocycles. The first kappa shape index (κ1) is 17.5. The summed E-state index contributed by atoms with van der Waals surface area (Å²) in [5.74, 6) is 1.33. The second-order valence-corrected chi connectivity index (χ2v) is 6.87. The average molecular weight is 369 g/mol. The number of aliphatic hydroxyl groups is 1. The predicted molar refractivity (Wildman–Crippen MR) is 97.9 cm³/mol. The van der Waals surface area contributed by atoms with Gasteiger partial charge in [-0.2, -0.15) is 10.2 Å². The monoisotopic (exact) mass is 369 g/mol. The van der Waals surface area contributed by atoms with Crippen LogP contribution in [0.1, 0.15) is 53.5 Å². The zero-order chi connectivity index (χ0) is 19.0. The maximum Gasteiger partial charge on any atom is 0.274 e. The lowest BCUT2D eigenvalue weighted by Crippen LogP contribution is -2.31. The molecule has 3 aromatic rings. The van der Waals surface area contributed by atoms with Crippen molar-refractivity contribution in [3.8, 4) is 11.5 Å². The zero-order valence-corrected chi connectivity index (χ0v) is 15.5. The van der Waals surface area contributed by atoms with E-state index < -0.39 is 6.10 Å². The van der Waals surface area contributed by atoms with Crippen LogP contribution in [0.25, 0.3) is 11.5 Å². The number of aliphatic hydroxyl groups excluding tert-OH is 1. The van der Waals surface area contributed by atoms with Gasteiger partial charge in [0.05, 0.1) is 24.0 Å². The number of hydrogen-bond donors (Lipinski definition) is 2. The third kappa shape index (κ3) is 3.40. The Morgan fingerprint density at radius 3 is 2.96 bits per heavy atom. The van der Waals surface area contributed by atoms with Gasteiger partial charge in [-0.25, -0.2) is 0 Å². The van der Waals surface area contributed by atoms with E-state index in [2.05, 4.69) is 15.3 Å². The van der Waals surface area contributed by atoms with Gasteiger partial charge in [-0.3, -0.25) is 14.6 Å². The molecule has 1 aliphatic rings. The second-order valence-electron chi connectivity index (χ2n) is 6.87. The first-order valence-corrected chi connectivity index (χ1v) is 9.21. The number of H-pyrrole nitrogens is 1. The van der Waals surface area contributed by atoms with E-state index in [9.17, 15) is 9.90 Å². The molecule has 2 N–H and O–H groups in total. The SMILES string of the molecule is CCC(O)c1cc2n(n1)CCCN(C(=O)c1cc(-c3ccc(C)o3)[nH]n1)C2. The average Bonchev–Trinajstić information content (AvgIpc) is 3.38. The largest absolute Gasteiger partial charge is 0.460 e. The van der Waals surface area contributed by atoms with Crippen LogP contribution in [-0.2, 0) is 13.1 Å². The lowest BCUT2D eigenvalue weighted by atomic mass is 10.2. The number of aryl methyl sites for hydroxylation is 2. The van der Waals surface area contributed by atoms with Crippen molar-refractivity contribution in [2.24, 2.45) is 0 Å². The first-order valence-electron chi connectivity index (χ1n) is 9.21. The quantitative estimate of drug-likeness (QED) is 0.736. The molecule has 0 aromatic carbocycles. The van der Waals surface area contributed by atoms with Gasteiger partial charge >= 0.3 is 0 Å². The van der Waals surface area contributed by atoms with Crippen LogP contribution in [0.2, 0.25) is 0 Å². The molecule has 4 heterocycles. The molecule has 1 aliphatic heterocycles. The number of furan rings is 1. The van der Waals surface area contributed by atoms with Gasteiger partial charge in [0, 0.05) is 19.2 Å². The van der Waals surface area contributed by atoms with Crippen LogP contribution in [0.5, 0.6) is 0 Å². The predicted octanol–water partition coefficient (Wildman–Crippen LogP) is 2.66. The van der Waals surface area contributed by atoms with Crippen LogP contribution in [0, 0.1) is 6.92 Å². The van der Waals surface area contributed by atoms with Gasteiger partial charge in [-0.1, -0.05) is 6.92 Å². The highest BCUT2D eigenvalue weighted by molar-refractivity contribution is 5.93. The Balaban J connectivity index is 1.54. The van der Waals surface area contributed by atoms with Crippen molar-refractivity contribution in [3.05, 3.63) is 47.1 Å². The summed E-state index contributed by atoms with van der Waals surface area (Å²) in [7, 11) is 0. The van der Waals surface area contributed by atoms with Crippen molar-refractivity contribution in [3.63, 3.8) is 0 Å². The Hall–Kier alpha value is -2.87. The van der Waals surface area contributed by atoms with Crippen LogP contribution >= 0.6 is 0 Å². The number of amides is 1. The van der Waals surface area contributed by atoms with Gasteiger partial charge in [0.2, 0.25) is 0 Å². The van der Waals surface area contributed by atoms with E-state index in [4.69, 9.17) is 4.42 Å². The van der Waals surface area contributed by atoms with E-state index in [1.807, 2.05) is 36.7 Å². The smallest absolute Gasteiger partial charge is 0.274 e. The fourth-order valence-electron chi connectivity index (χ4n) is 3.33. The van der Waals surface area contributed by atoms with Gasteiger partial charge < -0.3 is 14.4 Å². The van der Waals surface area contributed by atoms with E-state index in [1.165, 1.54) is 0 Å². The molecular weight excluding hydrogens is 346 g/mol. The number of hydrogen-bond acceptors (Lipinski definition) is 5. The number of fused-ring (bicyclic) bond motifs is 1. The van der Waals surface area contributed by atoms with Crippen molar-refractivity contribution in [1.29, 1.82) is 0 Å². The molecule has 0 saturated heterocycles. The lowest BCUT2D eigenvalue weighted by Gasteiger charge is -2.18. The van der Waals surface area contributed by atoms with Crippen LogP contribution in [-0.4, -0.2) is 42.4 Å². The van der Waals surface area contributed by atoms with Crippen molar-refractivity contribution in [2.45, 2.75) is 45.9 Å². The Morgan fingerprint density at radius 2 is 2.22 bits per heavy atom. The molecule has 0 aliphatic carbocycles. The number of aromatic nitrogens is 4. The first-order chi connectivity index (χ1) is 13.0. The number of rotatable bonds is 4. The Labute approximate surface area is 156 Å². The Kier molecular flexibility index (Phi) is 4.57. The van der Waals surface area contributed by atoms with Crippen molar-refractivity contribution >= 4 is 5.91 Å². The third-order valence-electron chi connectivity index (χ3n) is 4.85. The molecule has 0 bridgehead atoms. The number of aromatic amines is 1. The Bertz CT molecular complexity index is 954. The van der Waals surface area contributed by atoms with Crippen LogP contribution < -0.4 is 0 Å². The molecular formula is C19H23N5O3. The summed E-state index contributed by atoms with van der Waals surface area (Å²) in [6, 6.07) is 7.33. The zero-order valence-electron chi connectivity index (χ0n) is 15.5. The molecule has 0 fully saturated rings. The molecule has 1 unspecified atom stereocenters. The molecule has 8 nitrogen and oxygen atoms in total. The van der Waals surface area contributed by atoms with Gasteiger partial charge in [-0.05, 0) is 38.0 Å². The molecule has 0 radical (unpaired) electrons. The van der Waals surface area contributed by atoms with Crippen LogP contribution in [0.4, 0.5) is 0 Å². The summed E-state index contributed by atoms with van der Waals surface area (Å²) in [5.41, 5.74) is 2.64. The molecule has 1 amide bonds. The maximum absolute atomic E-state index is 12.9. The van der Waals surface area contributed by atoms with E-state index in [-0.39, 0.29) is 5.91 Å². The standard InChI is InChI=1S/C19H23N5O3/c1-3-17(25)14-9-13-11-23(7-4-8-24(13)22-14)19(26)16-10-15(20-21-16)18-6-5-12(2)27-18/h5-6,9-10,17,25H,3-4,7-8,11H2,1-2H3,(H,20,21). The minimum Gasteiger partial charge on any atom is -0.460 e. The summed E-state index contributed by atoms with van der Waals surface area (Å²) < 4.78 is 7.47. The van der Waals surface area contributed by atoms with Crippen molar-refractivity contribution < 1.29 is 14.3 Å². The van der Waals surface area contributed by atoms with E-state index in [0.29, 0.717) is 42.4 Å². The van der Waals surface area contributed by atoms with Gasteiger partial charge in [0.15, 0.2) is 11.5 Å². The summed E-state index contributed by atoms with van der Waals surface area (Å²) >= 11 is 0. The van der Waals surface area contributed by atoms with Crippen LogP contribution in [0.3, 0.4) is 0 Å². The lowest BCUT2D eigenvalue weighted by molar-refractivity contribution is 0.0739. The van der Waals surface area contributed by atoms with Gasteiger partial charge in [0.25, 0.3) is 5.91 Å². The topological polar surface area (TPSA) is 100 Å². The second kappa shape index (κ2) is 7.03. The Morgan fingerprint density at radius 1 is 1.37 bits per heavy atom. The minimum absolute atomic E-state index is 0.131. The highest BCUT2D eigenvalue weighted by Gasteiger charge is 2.25. The number of nitrogens with one attached hydrogen (secondary N) is 1. The number of carbonyl (C=O) groups is 1. The third-order valence-corrected chi connectivity index (χ3v) is 4.85. The minimum atomic E-state index is -0.570. The summed E-state index contributed by atoms with van der Waals surface area (Å²) in [5, 5.41) is 21.6. The fourth-order valence-corrected chi connectivity index (χ4v) is 3.33. The highest BCUT2D eigenvalue weighted by atomic mass is 16.3. The van der Waals surface area contributed by atoms with E-state index in [0.717, 1.165) is 24.4 Å².